The van der Waals surface area contributed by atoms with Crippen LogP contribution in [-0.2, 0) is 28.5 Å². The molecule has 6 nitrogen and oxygen atoms in total. The van der Waals surface area contributed by atoms with Crippen molar-refractivity contribution in [3.8, 4) is 0 Å². The molecule has 39 heavy (non-hydrogen) atoms. The zero-order valence-corrected chi connectivity index (χ0v) is 27.4. The first-order valence-electron chi connectivity index (χ1n) is 15.8. The minimum absolute atomic E-state index is 0.0965. The lowest BCUT2D eigenvalue weighted by atomic mass is 9.76. The molecule has 0 spiro atoms. The van der Waals surface area contributed by atoms with E-state index in [0.29, 0.717) is 79.2 Å². The number of hydrogen-bond donors (Lipinski definition) is 0. The Morgan fingerprint density at radius 3 is 1.31 bits per heavy atom. The molecule has 0 saturated carbocycles. The SMILES string of the molecule is CC(C)=O.CC1OC(COCC2OC(COCC3C(C)OC(C)C(C)C3C)C(C)C(C)C2C)C(C)C(C)C1C. The topological polar surface area (TPSA) is 63.2 Å². The maximum absolute atomic E-state index is 9.44. The maximum atomic E-state index is 9.44. The van der Waals surface area contributed by atoms with Gasteiger partial charge >= 0.3 is 0 Å². The van der Waals surface area contributed by atoms with Gasteiger partial charge in [0.25, 0.3) is 0 Å². The van der Waals surface area contributed by atoms with Crippen LogP contribution in [0.3, 0.4) is 0 Å². The van der Waals surface area contributed by atoms with E-state index in [1.54, 1.807) is 0 Å². The first-order chi connectivity index (χ1) is 18.2. The smallest absolute Gasteiger partial charge is 0.126 e. The third-order valence-corrected chi connectivity index (χ3v) is 11.0. The highest BCUT2D eigenvalue weighted by Gasteiger charge is 2.41. The van der Waals surface area contributed by atoms with Crippen LogP contribution in [0.2, 0.25) is 0 Å². The molecule has 0 aromatic heterocycles. The van der Waals surface area contributed by atoms with Gasteiger partial charge in [0, 0.05) is 5.92 Å². The van der Waals surface area contributed by atoms with Crippen molar-refractivity contribution in [3.05, 3.63) is 0 Å². The fourth-order valence-electron chi connectivity index (χ4n) is 6.69. The van der Waals surface area contributed by atoms with Gasteiger partial charge in [0.05, 0.1) is 63.1 Å². The molecule has 3 saturated heterocycles. The van der Waals surface area contributed by atoms with E-state index >= 15 is 0 Å². The molecule has 0 aromatic carbocycles. The zero-order chi connectivity index (χ0) is 29.6. The monoisotopic (exact) mass is 554 g/mol. The van der Waals surface area contributed by atoms with E-state index in [2.05, 4.69) is 76.2 Å². The summed E-state index contributed by atoms with van der Waals surface area (Å²) in [7, 11) is 0. The minimum atomic E-state index is 0.0965. The Hall–Kier alpha value is -0.530. The summed E-state index contributed by atoms with van der Waals surface area (Å²) in [5.74, 6) is 4.96. The molecule has 3 aliphatic rings. The highest BCUT2D eigenvalue weighted by molar-refractivity contribution is 5.72. The van der Waals surface area contributed by atoms with Gasteiger partial charge in [-0.1, -0.05) is 55.4 Å². The van der Waals surface area contributed by atoms with Crippen LogP contribution < -0.4 is 0 Å². The molecule has 0 amide bonds. The number of carbonyl (C=O) groups is 1. The van der Waals surface area contributed by atoms with Gasteiger partial charge in [-0.25, -0.2) is 0 Å². The van der Waals surface area contributed by atoms with Gasteiger partial charge in [-0.3, -0.25) is 0 Å². The van der Waals surface area contributed by atoms with Crippen LogP contribution in [0.5, 0.6) is 0 Å². The molecule has 0 N–H and O–H groups in total. The first-order valence-corrected chi connectivity index (χ1v) is 15.8. The second-order valence-electron chi connectivity index (χ2n) is 13.7. The highest BCUT2D eigenvalue weighted by Crippen LogP contribution is 2.38. The second-order valence-corrected chi connectivity index (χ2v) is 13.7. The highest BCUT2D eigenvalue weighted by atomic mass is 16.6. The zero-order valence-electron chi connectivity index (χ0n) is 27.4. The van der Waals surface area contributed by atoms with Gasteiger partial charge in [0.2, 0.25) is 0 Å². The van der Waals surface area contributed by atoms with Crippen LogP contribution in [0.15, 0.2) is 0 Å². The van der Waals surface area contributed by atoms with E-state index in [4.69, 9.17) is 23.7 Å². The molecule has 3 heterocycles. The number of ketones is 1. The van der Waals surface area contributed by atoms with E-state index in [9.17, 15) is 4.79 Å². The molecule has 0 aliphatic carbocycles. The van der Waals surface area contributed by atoms with Gasteiger partial charge in [-0.15, -0.1) is 0 Å². The molecule has 3 aliphatic heterocycles. The lowest BCUT2D eigenvalue weighted by Gasteiger charge is -2.45. The Kier molecular flexibility index (Phi) is 13.9. The largest absolute Gasteiger partial charge is 0.378 e. The summed E-state index contributed by atoms with van der Waals surface area (Å²) in [5, 5.41) is 0. The Labute approximate surface area is 240 Å². The fourth-order valence-corrected chi connectivity index (χ4v) is 6.69. The molecule has 230 valence electrons. The molecule has 0 bridgehead atoms. The summed E-state index contributed by atoms with van der Waals surface area (Å²) in [5.41, 5.74) is 0. The molecule has 15 unspecified atom stereocenters. The number of ether oxygens (including phenoxy) is 5. The molecule has 0 aromatic rings. The Morgan fingerprint density at radius 1 is 0.462 bits per heavy atom. The van der Waals surface area contributed by atoms with Crippen molar-refractivity contribution in [1.82, 2.24) is 0 Å². The molecule has 15 atom stereocenters. The molecular weight excluding hydrogens is 492 g/mol. The molecule has 6 heteroatoms. The van der Waals surface area contributed by atoms with Crippen molar-refractivity contribution in [1.29, 1.82) is 0 Å². The quantitative estimate of drug-likeness (QED) is 0.333. The van der Waals surface area contributed by atoms with E-state index in [1.807, 2.05) is 0 Å². The summed E-state index contributed by atoms with van der Waals surface area (Å²) in [6, 6.07) is 0. The summed E-state index contributed by atoms with van der Waals surface area (Å²) >= 11 is 0. The summed E-state index contributed by atoms with van der Waals surface area (Å²) < 4.78 is 31.7. The average Bonchev–Trinajstić information content (AvgIpc) is 2.86. The van der Waals surface area contributed by atoms with Gasteiger partial charge < -0.3 is 28.5 Å². The standard InChI is InChI=1S/C30H56O5.C3H6O/c1-16-18(3)25(10)34-28(21(16)6)13-32-15-30-23(8)17(2)22(7)29(35-30)14-31-12-27-20(5)19(4)24(9)33-26(27)11;1-3(2)4/h16-30H,12-15H2,1-11H3;1-2H3. The summed E-state index contributed by atoms with van der Waals surface area (Å²) in [6.45, 7) is 30.9. The number of Topliss-reactive ketones (excluding diaryl/α,β-unsaturated/α-hetero) is 1. The van der Waals surface area contributed by atoms with Crippen molar-refractivity contribution in [2.75, 3.05) is 26.4 Å². The van der Waals surface area contributed by atoms with Gasteiger partial charge in [0.1, 0.15) is 5.78 Å². The van der Waals surface area contributed by atoms with Crippen molar-refractivity contribution in [2.24, 2.45) is 53.3 Å². The van der Waals surface area contributed by atoms with E-state index in [-0.39, 0.29) is 36.3 Å². The maximum Gasteiger partial charge on any atom is 0.126 e. The van der Waals surface area contributed by atoms with Crippen LogP contribution in [0.25, 0.3) is 0 Å². The second kappa shape index (κ2) is 15.6. The molecule has 3 fully saturated rings. The van der Waals surface area contributed by atoms with E-state index in [0.717, 1.165) is 6.61 Å². The lowest BCUT2D eigenvalue weighted by Crippen LogP contribution is -2.50. The predicted octanol–water partition coefficient (Wildman–Crippen LogP) is 6.68. The van der Waals surface area contributed by atoms with Crippen LogP contribution in [-0.4, -0.2) is 68.8 Å². The minimum Gasteiger partial charge on any atom is -0.378 e. The Balaban J connectivity index is 0.00000124. The van der Waals surface area contributed by atoms with Crippen molar-refractivity contribution >= 4 is 5.78 Å². The fraction of sp³-hybridized carbons (Fsp3) is 0.970. The predicted molar refractivity (Wildman–Crippen MR) is 158 cm³/mol. The van der Waals surface area contributed by atoms with Crippen molar-refractivity contribution in [3.63, 3.8) is 0 Å². The van der Waals surface area contributed by atoms with Gasteiger partial charge in [0.15, 0.2) is 0 Å². The first kappa shape index (κ1) is 34.7. The van der Waals surface area contributed by atoms with Crippen LogP contribution in [0.4, 0.5) is 0 Å². The van der Waals surface area contributed by atoms with Crippen molar-refractivity contribution < 1.29 is 28.5 Å². The van der Waals surface area contributed by atoms with Crippen LogP contribution in [0, 0.1) is 53.3 Å². The lowest BCUT2D eigenvalue weighted by molar-refractivity contribution is -0.193. The van der Waals surface area contributed by atoms with Crippen LogP contribution in [0.1, 0.15) is 90.0 Å². The van der Waals surface area contributed by atoms with E-state index < -0.39 is 0 Å². The normalized spacial score (nSPS) is 46.7. The summed E-state index contributed by atoms with van der Waals surface area (Å²) in [6.07, 6.45) is 1.20. The average molecular weight is 555 g/mol. The Morgan fingerprint density at radius 2 is 0.821 bits per heavy atom. The number of rotatable bonds is 8. The van der Waals surface area contributed by atoms with E-state index in [1.165, 1.54) is 13.8 Å². The third kappa shape index (κ3) is 9.23. The molecule has 0 radical (unpaired) electrons. The van der Waals surface area contributed by atoms with Crippen molar-refractivity contribution in [2.45, 2.75) is 127 Å². The Bertz CT molecular complexity index is 725. The number of hydrogen-bond acceptors (Lipinski definition) is 6. The summed E-state index contributed by atoms with van der Waals surface area (Å²) in [4.78, 5) is 9.44. The molecule has 3 rings (SSSR count). The third-order valence-electron chi connectivity index (χ3n) is 11.0. The molecular formula is C33H62O6. The van der Waals surface area contributed by atoms with Crippen LogP contribution >= 0.6 is 0 Å². The van der Waals surface area contributed by atoms with Gasteiger partial charge in [-0.05, 0) is 82.0 Å². The number of carbonyl (C=O) groups excluding carboxylic acids is 1. The van der Waals surface area contributed by atoms with Gasteiger partial charge in [-0.2, -0.15) is 0 Å².